The first-order chi connectivity index (χ1) is 9.42. The van der Waals surface area contributed by atoms with Crippen LogP contribution in [0.3, 0.4) is 0 Å². The fourth-order valence-corrected chi connectivity index (χ4v) is 2.73. The van der Waals surface area contributed by atoms with E-state index in [0.717, 1.165) is 0 Å². The summed E-state index contributed by atoms with van der Waals surface area (Å²) in [4.78, 5) is 8.17. The van der Waals surface area contributed by atoms with Crippen molar-refractivity contribution in [2.24, 2.45) is 0 Å². The highest BCUT2D eigenvalue weighted by Crippen LogP contribution is 2.17. The molecule has 1 aromatic heterocycles. The van der Waals surface area contributed by atoms with Gasteiger partial charge in [0.1, 0.15) is 0 Å². The molecule has 1 heterocycles. The first kappa shape index (κ1) is 14.0. The van der Waals surface area contributed by atoms with Gasteiger partial charge >= 0.3 is 0 Å². The molecule has 0 saturated heterocycles. The van der Waals surface area contributed by atoms with E-state index in [9.17, 15) is 8.42 Å². The van der Waals surface area contributed by atoms with Crippen molar-refractivity contribution < 1.29 is 8.42 Å². The third-order valence-corrected chi connectivity index (χ3v) is 3.91. The molecule has 2 aromatic rings. The molecule has 6 nitrogen and oxygen atoms in total. The summed E-state index contributed by atoms with van der Waals surface area (Å²) in [5.74, 6) is 0.179. The molecule has 102 valence electrons. The van der Waals surface area contributed by atoms with Crippen molar-refractivity contribution in [3.05, 3.63) is 47.4 Å². The summed E-state index contributed by atoms with van der Waals surface area (Å²) < 4.78 is 26.8. The number of hydrogen-bond acceptors (Lipinski definition) is 5. The highest BCUT2D eigenvalue weighted by molar-refractivity contribution is 7.92. The van der Waals surface area contributed by atoms with Gasteiger partial charge in [0, 0.05) is 0 Å². The van der Waals surface area contributed by atoms with E-state index in [-0.39, 0.29) is 16.3 Å². The number of aryl methyl sites for hydroxylation is 2. The van der Waals surface area contributed by atoms with E-state index in [1.165, 1.54) is 30.5 Å². The van der Waals surface area contributed by atoms with Gasteiger partial charge in [0.15, 0.2) is 5.82 Å². The summed E-state index contributed by atoms with van der Waals surface area (Å²) >= 11 is 0. The molecule has 0 saturated carbocycles. The zero-order valence-electron chi connectivity index (χ0n) is 11.0. The van der Waals surface area contributed by atoms with Crippen molar-refractivity contribution in [3.63, 3.8) is 0 Å². The first-order valence-corrected chi connectivity index (χ1v) is 7.24. The Balaban J connectivity index is 2.38. The van der Waals surface area contributed by atoms with Crippen LogP contribution in [0.5, 0.6) is 0 Å². The molecule has 0 aliphatic carbocycles. The van der Waals surface area contributed by atoms with Crippen molar-refractivity contribution in [3.8, 4) is 6.07 Å². The smallest absolute Gasteiger partial charge is 0.262 e. The Kier molecular flexibility index (Phi) is 3.68. The molecule has 0 fully saturated rings. The van der Waals surface area contributed by atoms with Crippen LogP contribution in [-0.2, 0) is 10.0 Å². The lowest BCUT2D eigenvalue weighted by molar-refractivity contribution is 0.601. The summed E-state index contributed by atoms with van der Waals surface area (Å²) in [6.07, 6.45) is 1.48. The monoisotopic (exact) mass is 288 g/mol. The Morgan fingerprint density at radius 2 is 2.05 bits per heavy atom. The van der Waals surface area contributed by atoms with Crippen LogP contribution in [-0.4, -0.2) is 18.4 Å². The number of sulfonamides is 1. The number of nitrogens with one attached hydrogen (secondary N) is 1. The van der Waals surface area contributed by atoms with Gasteiger partial charge in [0.2, 0.25) is 0 Å². The van der Waals surface area contributed by atoms with Gasteiger partial charge in [-0.1, -0.05) is 6.07 Å². The number of aromatic nitrogens is 2. The predicted molar refractivity (Wildman–Crippen MR) is 73.5 cm³/mol. The van der Waals surface area contributed by atoms with Gasteiger partial charge in [0.05, 0.1) is 34.1 Å². The molecule has 0 amide bonds. The molecule has 1 N–H and O–H groups in total. The quantitative estimate of drug-likeness (QED) is 0.928. The zero-order chi connectivity index (χ0) is 14.8. The molecule has 0 bridgehead atoms. The molecule has 0 unspecified atom stereocenters. The zero-order valence-corrected chi connectivity index (χ0v) is 11.8. The molecule has 0 aliphatic rings. The molecule has 2 rings (SSSR count). The molecule has 0 spiro atoms. The van der Waals surface area contributed by atoms with E-state index >= 15 is 0 Å². The molecule has 20 heavy (non-hydrogen) atoms. The number of nitriles is 1. The Morgan fingerprint density at radius 3 is 2.70 bits per heavy atom. The number of rotatable bonds is 3. The van der Waals surface area contributed by atoms with E-state index in [0.29, 0.717) is 11.4 Å². The van der Waals surface area contributed by atoms with E-state index < -0.39 is 10.0 Å². The second-order valence-corrected chi connectivity index (χ2v) is 5.87. The van der Waals surface area contributed by atoms with Crippen LogP contribution in [0.15, 0.2) is 35.4 Å². The van der Waals surface area contributed by atoms with Crippen LogP contribution in [0, 0.1) is 25.2 Å². The van der Waals surface area contributed by atoms with Crippen LogP contribution in [0.25, 0.3) is 0 Å². The summed E-state index contributed by atoms with van der Waals surface area (Å²) in [6, 6.07) is 7.68. The van der Waals surface area contributed by atoms with Crippen molar-refractivity contribution in [1.29, 1.82) is 5.26 Å². The second-order valence-electron chi connectivity index (χ2n) is 4.19. The van der Waals surface area contributed by atoms with Crippen molar-refractivity contribution >= 4 is 15.8 Å². The highest BCUT2D eigenvalue weighted by Gasteiger charge is 2.16. The predicted octanol–water partition coefficient (Wildman–Crippen LogP) is 1.77. The van der Waals surface area contributed by atoms with Crippen LogP contribution >= 0.6 is 0 Å². The van der Waals surface area contributed by atoms with Gasteiger partial charge in [-0.3, -0.25) is 9.71 Å². The lowest BCUT2D eigenvalue weighted by Gasteiger charge is -2.09. The fraction of sp³-hybridized carbons (Fsp3) is 0.154. The van der Waals surface area contributed by atoms with Gasteiger partial charge in [-0.2, -0.15) is 5.26 Å². The van der Waals surface area contributed by atoms with Crippen LogP contribution in [0.2, 0.25) is 0 Å². The minimum absolute atomic E-state index is 0.0123. The van der Waals surface area contributed by atoms with Crippen LogP contribution in [0.1, 0.15) is 17.0 Å². The Bertz CT molecular complexity index is 794. The lowest BCUT2D eigenvalue weighted by atomic mass is 10.2. The maximum Gasteiger partial charge on any atom is 0.263 e. The number of benzene rings is 1. The van der Waals surface area contributed by atoms with Crippen LogP contribution in [0.4, 0.5) is 5.82 Å². The molecule has 7 heteroatoms. The number of nitrogens with zero attached hydrogens (tertiary/aromatic N) is 3. The molecule has 0 atom stereocenters. The maximum absolute atomic E-state index is 12.2. The minimum atomic E-state index is -3.78. The standard InChI is InChI=1S/C13H12N4O2S/c1-9-8-15-13(10(2)16-9)17-20(18,19)12-5-3-4-11(6-12)7-14/h3-6,8H,1-2H3,(H,15,17). The largest absolute Gasteiger partial charge is 0.263 e. The molecule has 0 radical (unpaired) electrons. The number of hydrogen-bond donors (Lipinski definition) is 1. The van der Waals surface area contributed by atoms with Crippen molar-refractivity contribution in [2.45, 2.75) is 18.7 Å². The first-order valence-electron chi connectivity index (χ1n) is 5.75. The minimum Gasteiger partial charge on any atom is -0.262 e. The van der Waals surface area contributed by atoms with E-state index in [1.54, 1.807) is 13.8 Å². The van der Waals surface area contributed by atoms with Gasteiger partial charge in [-0.25, -0.2) is 13.4 Å². The maximum atomic E-state index is 12.2. The van der Waals surface area contributed by atoms with Gasteiger partial charge < -0.3 is 0 Å². The fourth-order valence-electron chi connectivity index (χ4n) is 1.62. The van der Waals surface area contributed by atoms with Gasteiger partial charge in [-0.05, 0) is 32.0 Å². The Morgan fingerprint density at radius 1 is 1.30 bits per heavy atom. The third-order valence-electron chi connectivity index (χ3n) is 2.57. The summed E-state index contributed by atoms with van der Waals surface area (Å²) in [5.41, 5.74) is 1.47. The molecule has 0 aliphatic heterocycles. The summed E-state index contributed by atoms with van der Waals surface area (Å²) in [7, 11) is -3.78. The van der Waals surface area contributed by atoms with Crippen LogP contribution < -0.4 is 4.72 Å². The molecule has 1 aromatic carbocycles. The average Bonchev–Trinajstić information content (AvgIpc) is 2.42. The average molecular weight is 288 g/mol. The van der Waals surface area contributed by atoms with Crippen molar-refractivity contribution in [2.75, 3.05) is 4.72 Å². The molecular weight excluding hydrogens is 276 g/mol. The Labute approximate surface area is 117 Å². The van der Waals surface area contributed by atoms with Crippen molar-refractivity contribution in [1.82, 2.24) is 9.97 Å². The van der Waals surface area contributed by atoms with E-state index in [4.69, 9.17) is 5.26 Å². The molecular formula is C13H12N4O2S. The third kappa shape index (κ3) is 2.92. The van der Waals surface area contributed by atoms with E-state index in [2.05, 4.69) is 14.7 Å². The van der Waals surface area contributed by atoms with Gasteiger partial charge in [-0.15, -0.1) is 0 Å². The number of anilines is 1. The van der Waals surface area contributed by atoms with Gasteiger partial charge in [0.25, 0.3) is 10.0 Å². The normalized spacial score (nSPS) is 10.8. The summed E-state index contributed by atoms with van der Waals surface area (Å²) in [5, 5.41) is 8.80. The summed E-state index contributed by atoms with van der Waals surface area (Å²) in [6.45, 7) is 3.44. The SMILES string of the molecule is Cc1cnc(NS(=O)(=O)c2cccc(C#N)c2)c(C)n1. The highest BCUT2D eigenvalue weighted by atomic mass is 32.2. The van der Waals surface area contributed by atoms with E-state index in [1.807, 2.05) is 6.07 Å². The second kappa shape index (κ2) is 5.27. The topological polar surface area (TPSA) is 95.7 Å². The lowest BCUT2D eigenvalue weighted by Crippen LogP contribution is -2.15. The Hall–Kier alpha value is -2.46.